The molecule has 1 aromatic carbocycles. The van der Waals surface area contributed by atoms with Crippen molar-refractivity contribution in [3.05, 3.63) is 23.8 Å². The molecule has 0 aliphatic heterocycles. The third kappa shape index (κ3) is 6.73. The maximum Gasteiger partial charge on any atom is 0.387 e. The van der Waals surface area contributed by atoms with Crippen LogP contribution < -0.4 is 14.8 Å². The molecule has 1 N–H and O–H groups in total. The second kappa shape index (κ2) is 9.52. The first-order chi connectivity index (χ1) is 10.1. The van der Waals surface area contributed by atoms with Crippen LogP contribution in [0.4, 0.5) is 8.78 Å². The molecule has 0 saturated carbocycles. The highest BCUT2D eigenvalue weighted by Gasteiger charge is 2.12. The first-order valence-corrected chi connectivity index (χ1v) is 6.99. The van der Waals surface area contributed by atoms with Gasteiger partial charge in [0.15, 0.2) is 11.5 Å². The van der Waals surface area contributed by atoms with E-state index < -0.39 is 6.61 Å². The quantitative estimate of drug-likeness (QED) is 0.720. The molecule has 1 rings (SSSR count). The summed E-state index contributed by atoms with van der Waals surface area (Å²) in [5.74, 6) is 0.393. The lowest BCUT2D eigenvalue weighted by molar-refractivity contribution is -0.0514. The molecule has 0 saturated heterocycles. The van der Waals surface area contributed by atoms with Gasteiger partial charge in [0.05, 0.1) is 6.61 Å². The number of benzene rings is 1. The molecule has 0 aromatic heterocycles. The molecule has 0 heterocycles. The largest absolute Gasteiger partial charge is 0.490 e. The Bertz CT molecular complexity index is 416. The molecule has 6 heteroatoms. The zero-order valence-electron chi connectivity index (χ0n) is 12.7. The third-order valence-corrected chi connectivity index (χ3v) is 2.93. The summed E-state index contributed by atoms with van der Waals surface area (Å²) in [5.41, 5.74) is 0.948. The zero-order valence-corrected chi connectivity index (χ0v) is 12.7. The van der Waals surface area contributed by atoms with E-state index in [0.717, 1.165) is 12.0 Å². The monoisotopic (exact) mass is 303 g/mol. The summed E-state index contributed by atoms with van der Waals surface area (Å²) in [7, 11) is 1.67. The normalized spacial score (nSPS) is 12.5. The first-order valence-electron chi connectivity index (χ1n) is 6.99. The fraction of sp³-hybridized carbons (Fsp3) is 0.600. The maximum atomic E-state index is 12.3. The van der Waals surface area contributed by atoms with Gasteiger partial charge in [-0.3, -0.25) is 0 Å². The predicted molar refractivity (Wildman–Crippen MR) is 77.0 cm³/mol. The Balaban J connectivity index is 2.64. The molecule has 0 spiro atoms. The molecule has 0 amide bonds. The van der Waals surface area contributed by atoms with Crippen molar-refractivity contribution in [3.63, 3.8) is 0 Å². The topological polar surface area (TPSA) is 39.7 Å². The second-order valence-electron chi connectivity index (χ2n) is 4.66. The molecular weight excluding hydrogens is 280 g/mol. The highest BCUT2D eigenvalue weighted by Crippen LogP contribution is 2.29. The fourth-order valence-corrected chi connectivity index (χ4v) is 1.81. The number of hydrogen-bond acceptors (Lipinski definition) is 4. The molecule has 1 unspecified atom stereocenters. The number of nitrogens with one attached hydrogen (secondary N) is 1. The highest BCUT2D eigenvalue weighted by atomic mass is 19.3. The SMILES string of the molecule is CCOc1cc(CNC(C)CCOC)ccc1OC(F)F. The zero-order chi connectivity index (χ0) is 15.7. The predicted octanol–water partition coefficient (Wildman–Crippen LogP) is 3.20. The summed E-state index contributed by atoms with van der Waals surface area (Å²) in [6.07, 6.45) is 0.904. The van der Waals surface area contributed by atoms with Crippen molar-refractivity contribution in [2.45, 2.75) is 39.5 Å². The Kier molecular flexibility index (Phi) is 8.00. The third-order valence-electron chi connectivity index (χ3n) is 2.93. The molecule has 0 fully saturated rings. The van der Waals surface area contributed by atoms with Crippen molar-refractivity contribution < 1.29 is 23.0 Å². The summed E-state index contributed by atoms with van der Waals surface area (Å²) < 4.78 is 39.4. The summed E-state index contributed by atoms with van der Waals surface area (Å²) in [5, 5.41) is 3.34. The van der Waals surface area contributed by atoms with E-state index in [4.69, 9.17) is 9.47 Å². The fourth-order valence-electron chi connectivity index (χ4n) is 1.81. The molecule has 1 aromatic rings. The number of halogens is 2. The second-order valence-corrected chi connectivity index (χ2v) is 4.66. The number of rotatable bonds is 10. The van der Waals surface area contributed by atoms with Crippen molar-refractivity contribution in [3.8, 4) is 11.5 Å². The van der Waals surface area contributed by atoms with E-state index in [1.54, 1.807) is 26.2 Å². The lowest BCUT2D eigenvalue weighted by Crippen LogP contribution is -2.26. The van der Waals surface area contributed by atoms with Gasteiger partial charge in [-0.1, -0.05) is 6.07 Å². The Morgan fingerprint density at radius 1 is 1.24 bits per heavy atom. The average molecular weight is 303 g/mol. The van der Waals surface area contributed by atoms with Crippen LogP contribution in [0, 0.1) is 0 Å². The molecule has 0 aliphatic carbocycles. The van der Waals surface area contributed by atoms with Crippen LogP contribution in [0.1, 0.15) is 25.8 Å². The standard InChI is InChI=1S/C15H23F2NO3/c1-4-20-14-9-12(5-6-13(14)21-15(16)17)10-18-11(2)7-8-19-3/h5-6,9,11,15,18H,4,7-8,10H2,1-3H3. The summed E-state index contributed by atoms with van der Waals surface area (Å²) in [6.45, 7) is 2.71. The van der Waals surface area contributed by atoms with Crippen molar-refractivity contribution in [1.29, 1.82) is 0 Å². The molecule has 4 nitrogen and oxygen atoms in total. The molecular formula is C15H23F2NO3. The molecule has 1 atom stereocenters. The van der Waals surface area contributed by atoms with Gasteiger partial charge in [0, 0.05) is 26.3 Å². The van der Waals surface area contributed by atoms with Crippen LogP contribution in [0.2, 0.25) is 0 Å². The van der Waals surface area contributed by atoms with Crippen molar-refractivity contribution in [2.75, 3.05) is 20.3 Å². The van der Waals surface area contributed by atoms with E-state index in [1.807, 2.05) is 0 Å². The number of alkyl halides is 2. The minimum Gasteiger partial charge on any atom is -0.490 e. The molecule has 21 heavy (non-hydrogen) atoms. The van der Waals surface area contributed by atoms with Crippen molar-refractivity contribution >= 4 is 0 Å². The summed E-state index contributed by atoms with van der Waals surface area (Å²) >= 11 is 0. The van der Waals surface area contributed by atoms with Crippen LogP contribution in [0.25, 0.3) is 0 Å². The van der Waals surface area contributed by atoms with E-state index >= 15 is 0 Å². The lowest BCUT2D eigenvalue weighted by atomic mass is 10.1. The Morgan fingerprint density at radius 3 is 2.62 bits per heavy atom. The summed E-state index contributed by atoms with van der Waals surface area (Å²) in [6, 6.07) is 5.28. The van der Waals surface area contributed by atoms with Crippen LogP contribution >= 0.6 is 0 Å². The van der Waals surface area contributed by atoms with E-state index in [-0.39, 0.29) is 5.75 Å². The van der Waals surface area contributed by atoms with E-state index in [0.29, 0.717) is 31.5 Å². The summed E-state index contributed by atoms with van der Waals surface area (Å²) in [4.78, 5) is 0. The minimum atomic E-state index is -2.86. The van der Waals surface area contributed by atoms with Crippen LogP contribution in [-0.4, -0.2) is 33.0 Å². The smallest absolute Gasteiger partial charge is 0.387 e. The van der Waals surface area contributed by atoms with E-state index in [2.05, 4.69) is 17.0 Å². The molecule has 0 radical (unpaired) electrons. The highest BCUT2D eigenvalue weighted by molar-refractivity contribution is 5.43. The molecule has 0 bridgehead atoms. The van der Waals surface area contributed by atoms with Gasteiger partial charge in [-0.2, -0.15) is 8.78 Å². The van der Waals surface area contributed by atoms with Crippen LogP contribution in [0.3, 0.4) is 0 Å². The molecule has 0 aliphatic rings. The Morgan fingerprint density at radius 2 is 2.00 bits per heavy atom. The van der Waals surface area contributed by atoms with Gasteiger partial charge < -0.3 is 19.5 Å². The Labute approximate surface area is 124 Å². The van der Waals surface area contributed by atoms with Gasteiger partial charge in [-0.25, -0.2) is 0 Å². The number of ether oxygens (including phenoxy) is 3. The van der Waals surface area contributed by atoms with Crippen LogP contribution in [0.5, 0.6) is 11.5 Å². The number of methoxy groups -OCH3 is 1. The van der Waals surface area contributed by atoms with Gasteiger partial charge >= 0.3 is 6.61 Å². The van der Waals surface area contributed by atoms with Crippen LogP contribution in [0.15, 0.2) is 18.2 Å². The maximum absolute atomic E-state index is 12.3. The van der Waals surface area contributed by atoms with Gasteiger partial charge in [0.2, 0.25) is 0 Å². The van der Waals surface area contributed by atoms with E-state index in [1.165, 1.54) is 6.07 Å². The van der Waals surface area contributed by atoms with Crippen molar-refractivity contribution in [2.24, 2.45) is 0 Å². The Hall–Kier alpha value is -1.40. The van der Waals surface area contributed by atoms with E-state index in [9.17, 15) is 8.78 Å². The van der Waals surface area contributed by atoms with Gasteiger partial charge in [-0.05, 0) is 38.0 Å². The average Bonchev–Trinajstić information content (AvgIpc) is 2.45. The molecule has 120 valence electrons. The van der Waals surface area contributed by atoms with Gasteiger partial charge in [-0.15, -0.1) is 0 Å². The van der Waals surface area contributed by atoms with Gasteiger partial charge in [0.25, 0.3) is 0 Å². The number of hydrogen-bond donors (Lipinski definition) is 1. The first kappa shape index (κ1) is 17.7. The van der Waals surface area contributed by atoms with Gasteiger partial charge in [0.1, 0.15) is 0 Å². The lowest BCUT2D eigenvalue weighted by Gasteiger charge is -2.15. The minimum absolute atomic E-state index is 0.0584. The van der Waals surface area contributed by atoms with Crippen LogP contribution in [-0.2, 0) is 11.3 Å². The van der Waals surface area contributed by atoms with Crippen molar-refractivity contribution in [1.82, 2.24) is 5.32 Å².